The third kappa shape index (κ3) is 13.4. The standard InChI is InChI=1S/C43H56N2O11/c1-8-18-34(48)42(3,4)36-23-14-12-10-11-13-20-29(52-7)26-39-45-31(28-54-39)41(51)56-37(43(5,6)35(49)19-9-2)24-17-22-33(47)32(46)21-15-16-25-38-44-30(27-53-38)40(50)55-36/h8-22,25,27-29,32-37,46-49H,23-24,26H2,1-7H3/b11-10-,14-12-,18-8+,19-9+,20-13+,21-15+,22-17-,25-16-/t29?,32-,33+,34?,35?,36?,37?/m0/s1. The molecule has 1 aliphatic rings. The quantitative estimate of drug-likeness (QED) is 0.183. The maximum atomic E-state index is 13.3. The fourth-order valence-corrected chi connectivity index (χ4v) is 5.47. The molecule has 0 radical (unpaired) electrons. The molecular formula is C43H56N2O11. The number of aliphatic hydroxyl groups is 4. The van der Waals surface area contributed by atoms with E-state index in [1.54, 1.807) is 102 Å². The Hall–Kier alpha value is -4.92. The second kappa shape index (κ2) is 22.0. The number of allylic oxidation sites excluding steroid dienone is 8. The molecule has 4 bridgehead atoms. The summed E-state index contributed by atoms with van der Waals surface area (Å²) in [5.74, 6) is -1.15. The zero-order valence-corrected chi connectivity index (χ0v) is 33.1. The second-order valence-corrected chi connectivity index (χ2v) is 14.4. The fourth-order valence-electron chi connectivity index (χ4n) is 5.47. The highest BCUT2D eigenvalue weighted by Gasteiger charge is 2.39. The Labute approximate surface area is 328 Å². The molecule has 1 aliphatic heterocycles. The number of rotatable bonds is 7. The van der Waals surface area contributed by atoms with Crippen molar-refractivity contribution in [2.75, 3.05) is 7.11 Å². The van der Waals surface area contributed by atoms with Gasteiger partial charge in [0.15, 0.2) is 17.3 Å². The molecule has 7 atom stereocenters. The van der Waals surface area contributed by atoms with Crippen LogP contribution in [0.5, 0.6) is 0 Å². The van der Waals surface area contributed by atoms with Crippen LogP contribution in [-0.2, 0) is 20.6 Å². The minimum Gasteiger partial charge on any atom is -0.457 e. The molecule has 3 heterocycles. The maximum absolute atomic E-state index is 13.3. The van der Waals surface area contributed by atoms with Crippen molar-refractivity contribution < 1.29 is 53.1 Å². The normalized spacial score (nSPS) is 27.4. The number of cyclic esters (lactones) is 2. The van der Waals surface area contributed by atoms with Gasteiger partial charge in [-0.05, 0) is 13.8 Å². The van der Waals surface area contributed by atoms with Crippen molar-refractivity contribution in [3.05, 3.63) is 127 Å². The van der Waals surface area contributed by atoms with Crippen LogP contribution in [0.4, 0.5) is 0 Å². The fraction of sp³-hybridized carbons (Fsp3) is 0.442. The van der Waals surface area contributed by atoms with E-state index in [9.17, 15) is 30.0 Å². The van der Waals surface area contributed by atoms with Gasteiger partial charge in [0.2, 0.25) is 5.89 Å². The highest BCUT2D eigenvalue weighted by molar-refractivity contribution is 5.87. The van der Waals surface area contributed by atoms with Crippen LogP contribution in [-0.4, -0.2) is 92.2 Å². The van der Waals surface area contributed by atoms with Crippen LogP contribution in [0.1, 0.15) is 87.1 Å². The number of fused-ring (bicyclic) bond motifs is 4. The van der Waals surface area contributed by atoms with E-state index in [0.717, 1.165) is 0 Å². The Bertz CT molecular complexity index is 1790. The summed E-state index contributed by atoms with van der Waals surface area (Å²) in [6.45, 7) is 10.7. The van der Waals surface area contributed by atoms with Crippen LogP contribution in [0.25, 0.3) is 6.08 Å². The smallest absolute Gasteiger partial charge is 0.360 e. The Morgan fingerprint density at radius 1 is 0.732 bits per heavy atom. The van der Waals surface area contributed by atoms with Crippen molar-refractivity contribution in [2.24, 2.45) is 10.8 Å². The Kier molecular flexibility index (Phi) is 17.8. The summed E-state index contributed by atoms with van der Waals surface area (Å²) >= 11 is 0. The Balaban J connectivity index is 1.93. The molecule has 4 N–H and O–H groups in total. The topological polar surface area (TPSA) is 195 Å². The van der Waals surface area contributed by atoms with Crippen LogP contribution < -0.4 is 0 Å². The van der Waals surface area contributed by atoms with Crippen molar-refractivity contribution in [1.82, 2.24) is 9.97 Å². The molecule has 304 valence electrons. The first-order chi connectivity index (χ1) is 26.6. The van der Waals surface area contributed by atoms with Crippen molar-refractivity contribution in [1.29, 1.82) is 0 Å². The first kappa shape index (κ1) is 45.5. The Morgan fingerprint density at radius 2 is 1.27 bits per heavy atom. The van der Waals surface area contributed by atoms with Gasteiger partial charge in [0.1, 0.15) is 36.9 Å². The van der Waals surface area contributed by atoms with Gasteiger partial charge in [-0.25, -0.2) is 19.6 Å². The third-order valence-corrected chi connectivity index (χ3v) is 9.44. The summed E-state index contributed by atoms with van der Waals surface area (Å²) in [7, 11) is 1.53. The van der Waals surface area contributed by atoms with Crippen molar-refractivity contribution >= 4 is 18.0 Å². The molecule has 0 saturated carbocycles. The van der Waals surface area contributed by atoms with Crippen LogP contribution in [0.15, 0.2) is 113 Å². The molecule has 2 aromatic rings. The SMILES string of the molecule is C/C=C/C(O)C(C)(C)C1C\C=C/C=C\C=C\C(OC)Cc2nc(co2)C(=O)OC(C(C)(C)C(O)/C=C/C)C/C=C\[C@@H](O)[C@@H](O)/C=C/C=C\c2nc(co2)C(=O)O1. The lowest BCUT2D eigenvalue weighted by atomic mass is 9.79. The molecule has 2 aromatic heterocycles. The molecule has 5 unspecified atom stereocenters. The van der Waals surface area contributed by atoms with Crippen LogP contribution in [0.3, 0.4) is 0 Å². The number of hydrogen-bond acceptors (Lipinski definition) is 13. The molecule has 0 fully saturated rings. The van der Waals surface area contributed by atoms with Gasteiger partial charge in [-0.3, -0.25) is 0 Å². The van der Waals surface area contributed by atoms with Crippen LogP contribution in [0, 0.1) is 10.8 Å². The summed E-state index contributed by atoms with van der Waals surface area (Å²) in [6, 6.07) is 0. The van der Waals surface area contributed by atoms with E-state index < -0.39 is 65.5 Å². The van der Waals surface area contributed by atoms with Gasteiger partial charge in [-0.1, -0.05) is 119 Å². The lowest BCUT2D eigenvalue weighted by Crippen LogP contribution is -2.42. The van der Waals surface area contributed by atoms with Gasteiger partial charge in [-0.15, -0.1) is 0 Å². The second-order valence-electron chi connectivity index (χ2n) is 14.4. The zero-order chi connectivity index (χ0) is 41.3. The van der Waals surface area contributed by atoms with E-state index in [4.69, 9.17) is 23.0 Å². The van der Waals surface area contributed by atoms with Crippen LogP contribution >= 0.6 is 0 Å². The number of methoxy groups -OCH3 is 1. The number of carbonyl (C=O) groups excluding carboxylic acids is 2. The number of oxazole rings is 2. The van der Waals surface area contributed by atoms with Gasteiger partial charge in [0, 0.05) is 36.9 Å². The molecule has 0 saturated heterocycles. The van der Waals surface area contributed by atoms with E-state index in [1.165, 1.54) is 50.0 Å². The van der Waals surface area contributed by atoms with Crippen molar-refractivity contribution in [3.8, 4) is 0 Å². The van der Waals surface area contributed by atoms with Gasteiger partial charge in [-0.2, -0.15) is 0 Å². The number of ether oxygens (including phenoxy) is 3. The molecule has 0 spiro atoms. The molecule has 56 heavy (non-hydrogen) atoms. The number of nitrogens with zero attached hydrogens (tertiary/aromatic N) is 2. The lowest BCUT2D eigenvalue weighted by Gasteiger charge is -2.36. The van der Waals surface area contributed by atoms with E-state index in [-0.39, 0.29) is 42.4 Å². The van der Waals surface area contributed by atoms with Crippen LogP contribution in [0.2, 0.25) is 0 Å². The third-order valence-electron chi connectivity index (χ3n) is 9.44. The number of aliphatic hydroxyl groups excluding tert-OH is 4. The minimum absolute atomic E-state index is 0.0613. The first-order valence-corrected chi connectivity index (χ1v) is 18.5. The predicted octanol–water partition coefficient (Wildman–Crippen LogP) is 6.21. The molecule has 0 aliphatic carbocycles. The van der Waals surface area contributed by atoms with E-state index >= 15 is 0 Å². The number of aromatic nitrogens is 2. The van der Waals surface area contributed by atoms with Crippen molar-refractivity contribution in [2.45, 2.75) is 104 Å². The highest BCUT2D eigenvalue weighted by atomic mass is 16.6. The van der Waals surface area contributed by atoms with Gasteiger partial charge >= 0.3 is 11.9 Å². The summed E-state index contributed by atoms with van der Waals surface area (Å²) < 4.78 is 28.3. The first-order valence-electron chi connectivity index (χ1n) is 18.5. The number of carbonyl (C=O) groups is 2. The highest BCUT2D eigenvalue weighted by Crippen LogP contribution is 2.33. The van der Waals surface area contributed by atoms with E-state index in [1.807, 2.05) is 6.08 Å². The number of esters is 2. The summed E-state index contributed by atoms with van der Waals surface area (Å²) in [5.41, 5.74) is -1.97. The molecule has 0 aromatic carbocycles. The minimum atomic E-state index is -1.32. The zero-order valence-electron chi connectivity index (χ0n) is 33.1. The lowest BCUT2D eigenvalue weighted by molar-refractivity contribution is -0.0462. The number of hydrogen-bond donors (Lipinski definition) is 4. The monoisotopic (exact) mass is 776 g/mol. The summed E-state index contributed by atoms with van der Waals surface area (Å²) in [4.78, 5) is 35.0. The van der Waals surface area contributed by atoms with E-state index in [2.05, 4.69) is 9.97 Å². The molecule has 3 rings (SSSR count). The summed E-state index contributed by atoms with van der Waals surface area (Å²) in [5, 5.41) is 42.9. The van der Waals surface area contributed by atoms with Gasteiger partial charge in [0.25, 0.3) is 0 Å². The average molecular weight is 777 g/mol. The van der Waals surface area contributed by atoms with Gasteiger partial charge in [0.05, 0.1) is 24.7 Å². The van der Waals surface area contributed by atoms with Crippen molar-refractivity contribution in [3.63, 3.8) is 0 Å². The largest absolute Gasteiger partial charge is 0.457 e. The Morgan fingerprint density at radius 3 is 1.88 bits per heavy atom. The van der Waals surface area contributed by atoms with E-state index in [0.29, 0.717) is 0 Å². The summed E-state index contributed by atoms with van der Waals surface area (Å²) in [6.07, 6.45) is 22.5. The molecule has 13 nitrogen and oxygen atoms in total. The predicted molar refractivity (Wildman–Crippen MR) is 211 cm³/mol. The van der Waals surface area contributed by atoms with Gasteiger partial charge < -0.3 is 43.5 Å². The molecule has 13 heteroatoms. The maximum Gasteiger partial charge on any atom is 0.360 e. The molecular weight excluding hydrogens is 720 g/mol. The molecule has 0 amide bonds. The average Bonchev–Trinajstić information content (AvgIpc) is 3.84.